The van der Waals surface area contributed by atoms with Crippen LogP contribution in [0.1, 0.15) is 40.0 Å². The molecule has 2 unspecified atom stereocenters. The van der Waals surface area contributed by atoms with E-state index in [0.29, 0.717) is 17.9 Å². The number of carbonyl (C=O) groups excluding carboxylic acids is 1. The van der Waals surface area contributed by atoms with E-state index in [0.717, 1.165) is 28.9 Å². The molecule has 2 atom stereocenters. The van der Waals surface area contributed by atoms with E-state index in [1.165, 1.54) is 9.75 Å². The van der Waals surface area contributed by atoms with Crippen molar-refractivity contribution in [2.45, 2.75) is 24.7 Å². The summed E-state index contributed by atoms with van der Waals surface area (Å²) in [7, 11) is 3.29. The maximum atomic E-state index is 13.4. The largest absolute Gasteiger partial charge is 0.493 e. The molecule has 148 valence electrons. The molecule has 1 aromatic carbocycles. The molecule has 0 fully saturated rings. The molecule has 0 saturated carbocycles. The van der Waals surface area contributed by atoms with Crippen molar-refractivity contribution in [2.75, 3.05) is 19.5 Å². The average molecular weight is 424 g/mol. The minimum atomic E-state index is -0.0714. The summed E-state index contributed by atoms with van der Waals surface area (Å²) in [4.78, 5) is 15.8. The summed E-state index contributed by atoms with van der Waals surface area (Å²) in [5.74, 6) is 1.76. The number of nitrogens with one attached hydrogen (secondary N) is 1. The predicted molar refractivity (Wildman–Crippen MR) is 118 cm³/mol. The van der Waals surface area contributed by atoms with E-state index < -0.39 is 0 Å². The third-order valence-electron chi connectivity index (χ3n) is 5.72. The Bertz CT molecular complexity index is 1080. The highest BCUT2D eigenvalue weighted by Crippen LogP contribution is 2.51. The summed E-state index contributed by atoms with van der Waals surface area (Å²) >= 11 is 3.42. The molecule has 5 rings (SSSR count). The molecule has 1 aliphatic carbocycles. The fourth-order valence-electron chi connectivity index (χ4n) is 4.42. The van der Waals surface area contributed by atoms with E-state index in [-0.39, 0.29) is 17.6 Å². The lowest BCUT2D eigenvalue weighted by Crippen LogP contribution is -2.29. The Kier molecular flexibility index (Phi) is 4.68. The van der Waals surface area contributed by atoms with Gasteiger partial charge in [-0.2, -0.15) is 0 Å². The first-order valence-electron chi connectivity index (χ1n) is 9.55. The van der Waals surface area contributed by atoms with Gasteiger partial charge in [0.25, 0.3) is 0 Å². The standard InChI is InChI=1S/C23H21NO3S2/c1-26-18-11-14-15(12-19(18)27-2)24-16-9-13(20-5-3-7-28-20)10-17(25)23(16)22(14)21-6-4-8-29-21/h3-8,11-13,22,24H,9-10H2,1-2H3. The Morgan fingerprint density at radius 3 is 2.31 bits per heavy atom. The van der Waals surface area contributed by atoms with Crippen molar-refractivity contribution < 1.29 is 14.3 Å². The number of allylic oxidation sites excluding steroid dienone is 2. The van der Waals surface area contributed by atoms with Crippen molar-refractivity contribution in [3.05, 3.63) is 73.7 Å². The molecule has 6 heteroatoms. The van der Waals surface area contributed by atoms with Gasteiger partial charge >= 0.3 is 0 Å². The first kappa shape index (κ1) is 18.5. The molecule has 3 aromatic rings. The van der Waals surface area contributed by atoms with Gasteiger partial charge in [-0.05, 0) is 40.9 Å². The number of carbonyl (C=O) groups is 1. The van der Waals surface area contributed by atoms with Crippen molar-refractivity contribution in [1.82, 2.24) is 0 Å². The number of methoxy groups -OCH3 is 2. The highest BCUT2D eigenvalue weighted by Gasteiger charge is 2.39. The molecule has 2 aliphatic rings. The van der Waals surface area contributed by atoms with E-state index in [2.05, 4.69) is 34.3 Å². The number of Topliss-reactive ketones (excluding diaryl/α,β-unsaturated/α-hetero) is 1. The van der Waals surface area contributed by atoms with Crippen LogP contribution < -0.4 is 14.8 Å². The zero-order chi connectivity index (χ0) is 20.0. The number of ether oxygens (including phenoxy) is 2. The lowest BCUT2D eigenvalue weighted by Gasteiger charge is -2.36. The first-order valence-corrected chi connectivity index (χ1v) is 11.3. The van der Waals surface area contributed by atoms with Crippen molar-refractivity contribution in [3.8, 4) is 11.5 Å². The maximum Gasteiger partial charge on any atom is 0.162 e. The number of rotatable bonds is 4. The summed E-state index contributed by atoms with van der Waals surface area (Å²) in [5.41, 5.74) is 3.99. The fraction of sp³-hybridized carbons (Fsp3) is 0.261. The zero-order valence-electron chi connectivity index (χ0n) is 16.2. The minimum absolute atomic E-state index is 0.0714. The Balaban J connectivity index is 1.66. The number of hydrogen-bond acceptors (Lipinski definition) is 6. The van der Waals surface area contributed by atoms with Gasteiger partial charge in [-0.3, -0.25) is 4.79 Å². The van der Waals surface area contributed by atoms with Crippen molar-refractivity contribution in [1.29, 1.82) is 0 Å². The molecule has 2 aromatic heterocycles. The van der Waals surface area contributed by atoms with Gasteiger partial charge in [0.15, 0.2) is 17.3 Å². The summed E-state index contributed by atoms with van der Waals surface area (Å²) in [6, 6.07) is 12.3. The van der Waals surface area contributed by atoms with Crippen molar-refractivity contribution >= 4 is 34.1 Å². The lowest BCUT2D eigenvalue weighted by molar-refractivity contribution is -0.116. The van der Waals surface area contributed by atoms with E-state index in [4.69, 9.17) is 9.47 Å². The van der Waals surface area contributed by atoms with Crippen LogP contribution >= 0.6 is 22.7 Å². The second-order valence-electron chi connectivity index (χ2n) is 7.30. The lowest BCUT2D eigenvalue weighted by atomic mass is 9.74. The smallest absolute Gasteiger partial charge is 0.162 e. The molecule has 0 spiro atoms. The quantitative estimate of drug-likeness (QED) is 0.577. The van der Waals surface area contributed by atoms with Gasteiger partial charge in [0.1, 0.15) is 0 Å². The van der Waals surface area contributed by atoms with Crippen molar-refractivity contribution in [3.63, 3.8) is 0 Å². The van der Waals surface area contributed by atoms with Crippen LogP contribution in [0.5, 0.6) is 11.5 Å². The Morgan fingerprint density at radius 1 is 0.966 bits per heavy atom. The number of thiophene rings is 2. The minimum Gasteiger partial charge on any atom is -0.493 e. The van der Waals surface area contributed by atoms with E-state index in [1.807, 2.05) is 18.2 Å². The molecule has 1 aliphatic heterocycles. The van der Waals surface area contributed by atoms with Crippen LogP contribution in [-0.2, 0) is 4.79 Å². The van der Waals surface area contributed by atoms with Crippen LogP contribution in [0.15, 0.2) is 58.4 Å². The van der Waals surface area contributed by atoms with Crippen LogP contribution in [0.2, 0.25) is 0 Å². The highest BCUT2D eigenvalue weighted by atomic mass is 32.1. The van der Waals surface area contributed by atoms with Crippen LogP contribution in [0, 0.1) is 0 Å². The van der Waals surface area contributed by atoms with E-state index in [1.54, 1.807) is 36.9 Å². The Morgan fingerprint density at radius 2 is 1.66 bits per heavy atom. The molecule has 1 N–H and O–H groups in total. The molecular weight excluding hydrogens is 402 g/mol. The average Bonchev–Trinajstić information content (AvgIpc) is 3.45. The van der Waals surface area contributed by atoms with Gasteiger partial charge in [-0.15, -0.1) is 22.7 Å². The summed E-state index contributed by atoms with van der Waals surface area (Å²) in [5, 5.41) is 7.72. The summed E-state index contributed by atoms with van der Waals surface area (Å²) < 4.78 is 11.1. The third kappa shape index (κ3) is 3.07. The van der Waals surface area contributed by atoms with Gasteiger partial charge in [0.05, 0.1) is 20.1 Å². The van der Waals surface area contributed by atoms with Crippen LogP contribution in [-0.4, -0.2) is 20.0 Å². The summed E-state index contributed by atoms with van der Waals surface area (Å²) in [6.45, 7) is 0. The number of fused-ring (bicyclic) bond motifs is 1. The zero-order valence-corrected chi connectivity index (χ0v) is 17.9. The molecular formula is C23H21NO3S2. The number of hydrogen-bond donors (Lipinski definition) is 1. The number of benzene rings is 1. The van der Waals surface area contributed by atoms with Gasteiger partial charge in [0, 0.05) is 45.1 Å². The fourth-order valence-corrected chi connectivity index (χ4v) is 6.10. The van der Waals surface area contributed by atoms with Gasteiger partial charge in [0.2, 0.25) is 0 Å². The first-order chi connectivity index (χ1) is 14.2. The SMILES string of the molecule is COc1cc2c(cc1OC)C(c1cccs1)C1=C(CC(c3cccs3)CC1=O)N2. The predicted octanol–water partition coefficient (Wildman–Crippen LogP) is 5.79. The molecule has 0 amide bonds. The van der Waals surface area contributed by atoms with Gasteiger partial charge in [-0.1, -0.05) is 12.1 Å². The number of ketones is 1. The second-order valence-corrected chi connectivity index (χ2v) is 9.26. The van der Waals surface area contributed by atoms with Gasteiger partial charge < -0.3 is 14.8 Å². The molecule has 3 heterocycles. The van der Waals surface area contributed by atoms with E-state index >= 15 is 0 Å². The molecule has 29 heavy (non-hydrogen) atoms. The van der Waals surface area contributed by atoms with E-state index in [9.17, 15) is 4.79 Å². The molecule has 4 nitrogen and oxygen atoms in total. The summed E-state index contributed by atoms with van der Waals surface area (Å²) in [6.07, 6.45) is 1.41. The molecule has 0 saturated heterocycles. The second kappa shape index (κ2) is 7.35. The normalized spacial score (nSPS) is 20.7. The number of anilines is 1. The molecule has 0 radical (unpaired) electrons. The maximum absolute atomic E-state index is 13.4. The van der Waals surface area contributed by atoms with Crippen LogP contribution in [0.25, 0.3) is 0 Å². The van der Waals surface area contributed by atoms with Crippen LogP contribution in [0.3, 0.4) is 0 Å². The topological polar surface area (TPSA) is 47.6 Å². The van der Waals surface area contributed by atoms with Gasteiger partial charge in [-0.25, -0.2) is 0 Å². The third-order valence-corrected chi connectivity index (χ3v) is 7.69. The van der Waals surface area contributed by atoms with Crippen molar-refractivity contribution in [2.24, 2.45) is 0 Å². The highest BCUT2D eigenvalue weighted by molar-refractivity contribution is 7.10. The Labute approximate surface area is 177 Å². The monoisotopic (exact) mass is 423 g/mol. The van der Waals surface area contributed by atoms with Crippen LogP contribution in [0.4, 0.5) is 5.69 Å². The molecule has 0 bridgehead atoms. The Hall–Kier alpha value is -2.57.